The molecular formula is C33H58N8O21P2. The van der Waals surface area contributed by atoms with Crippen LogP contribution in [0.4, 0.5) is 0 Å². The van der Waals surface area contributed by atoms with Crippen molar-refractivity contribution in [2.75, 3.05) is 33.4 Å². The lowest BCUT2D eigenvalue weighted by Gasteiger charge is -2.49. The lowest BCUT2D eigenvalue weighted by atomic mass is 9.94. The molecule has 2 aliphatic rings. The predicted molar refractivity (Wildman–Crippen MR) is 213 cm³/mol. The van der Waals surface area contributed by atoms with Crippen molar-refractivity contribution in [1.82, 2.24) is 26.6 Å². The number of carboxylic acids is 1. The van der Waals surface area contributed by atoms with Crippen LogP contribution in [0.2, 0.25) is 0 Å². The van der Waals surface area contributed by atoms with Crippen molar-refractivity contribution in [2.45, 2.75) is 139 Å². The highest BCUT2D eigenvalue weighted by atomic mass is 32.1. The second-order valence-corrected chi connectivity index (χ2v) is 20.1. The van der Waals surface area contributed by atoms with E-state index in [2.05, 4.69) is 41.1 Å². The van der Waals surface area contributed by atoms with Crippen LogP contribution in [0.5, 0.6) is 0 Å². The lowest BCUT2D eigenvalue weighted by molar-refractivity contribution is -0.330. The topological polar surface area (TPSA) is 442 Å². The number of rotatable bonds is 26. The highest BCUT2D eigenvalue weighted by Crippen LogP contribution is 2.78. The summed E-state index contributed by atoms with van der Waals surface area (Å²) in [5, 5.41) is 66.4. The van der Waals surface area contributed by atoms with Crippen molar-refractivity contribution >= 4 is 50.1 Å². The number of aliphatic hydroxyl groups excluding tert-OH is 4. The fourth-order valence-corrected chi connectivity index (χ4v) is 8.33. The maximum Gasteiger partial charge on any atom is 0.440 e. The van der Waals surface area contributed by atoms with Crippen LogP contribution in [-0.4, -0.2) is 184 Å². The molecule has 0 aromatic carbocycles. The molecule has 2 rings (SSSR count). The molecule has 366 valence electrons. The average Bonchev–Trinajstić information content (AvgIpc) is 3.22. The highest BCUT2D eigenvalue weighted by Gasteiger charge is 2.56. The van der Waals surface area contributed by atoms with E-state index in [0.29, 0.717) is 20.0 Å². The normalized spacial score (nSPS) is 28.9. The lowest BCUT2D eigenvalue weighted by Crippen LogP contribution is -2.70. The molecule has 3 unspecified atom stereocenters. The number of carboxylic acid groups (broad SMARTS) is 1. The summed E-state index contributed by atoms with van der Waals surface area (Å²) in [6.07, 6.45) is -15.7. The minimum atomic E-state index is -5.74. The van der Waals surface area contributed by atoms with Crippen LogP contribution >= 0.6 is 14.6 Å². The van der Waals surface area contributed by atoms with Gasteiger partial charge >= 0.3 is 20.5 Å². The number of aliphatic carboxylic acids is 1. The Morgan fingerprint density at radius 2 is 1.44 bits per heavy atom. The molecule has 2 saturated heterocycles. The molecule has 2 fully saturated rings. The first-order valence-electron chi connectivity index (χ1n) is 19.7. The van der Waals surface area contributed by atoms with Gasteiger partial charge in [0.15, 0.2) is 12.6 Å². The van der Waals surface area contributed by atoms with Gasteiger partial charge in [-0.25, -0.2) is 13.9 Å². The average molecular weight is 965 g/mol. The van der Waals surface area contributed by atoms with Gasteiger partial charge in [0, 0.05) is 45.4 Å². The predicted octanol–water partition coefficient (Wildman–Crippen LogP) is -3.29. The fraction of sp³-hybridized carbons (Fsp3) is 0.818. The van der Waals surface area contributed by atoms with E-state index in [0.717, 1.165) is 20.8 Å². The molecule has 5 amide bonds. The van der Waals surface area contributed by atoms with Crippen LogP contribution in [0.15, 0.2) is 5.11 Å². The van der Waals surface area contributed by atoms with Crippen molar-refractivity contribution in [3.63, 3.8) is 0 Å². The summed E-state index contributed by atoms with van der Waals surface area (Å²) in [5.41, 5.74) is 8.34. The van der Waals surface area contributed by atoms with Gasteiger partial charge in [-0.05, 0) is 38.6 Å². The molecule has 0 aliphatic carbocycles. The first kappa shape index (κ1) is 56.2. The van der Waals surface area contributed by atoms with Crippen molar-refractivity contribution in [2.24, 2.45) is 5.11 Å². The number of nitrogens with one attached hydrogen (secondary N) is 5. The molecule has 2 heterocycles. The number of hydrogen-bond donors (Lipinski definition) is 12. The minimum absolute atomic E-state index is 0.0609. The Morgan fingerprint density at radius 3 is 2.00 bits per heavy atom. The van der Waals surface area contributed by atoms with Crippen LogP contribution in [0.25, 0.3) is 10.4 Å². The molecule has 0 aromatic rings. The van der Waals surface area contributed by atoms with Crippen molar-refractivity contribution in [1.29, 1.82) is 0 Å². The van der Waals surface area contributed by atoms with Crippen molar-refractivity contribution < 1.29 is 101 Å². The first-order chi connectivity index (χ1) is 29.9. The number of hydrogen-bond acceptors (Lipinski definition) is 19. The third-order valence-corrected chi connectivity index (χ3v) is 13.9. The number of unbranched alkanes of at least 4 members (excludes halogenated alkanes) is 1. The quantitative estimate of drug-likeness (QED) is 0.0133. The maximum atomic E-state index is 13.5. The Hall–Kier alpha value is -3.89. The second-order valence-electron chi connectivity index (χ2n) is 14.5. The SMILES string of the molecule is COP(=O)(O)P(=O)(O)O[C@H]1O[C@H](CO)C(O[C@@H]2O[C@H](CO)[C@@H](O)[C@H](O)[C@H]2NC(C)=O)[C@H](O[C@H](C)C(=O)N[C@@H](C)C(=O)NCCCC(=O)N[C@@H](CCCCN=[N+]=[N-])C(=O)O)[C@H]1NC(C)=O. The van der Waals surface area contributed by atoms with Gasteiger partial charge in [-0.3, -0.25) is 28.5 Å². The van der Waals surface area contributed by atoms with E-state index in [1.54, 1.807) is 0 Å². The van der Waals surface area contributed by atoms with Gasteiger partial charge < -0.3 is 85.4 Å². The van der Waals surface area contributed by atoms with Crippen LogP contribution < -0.4 is 26.6 Å². The zero-order valence-electron chi connectivity index (χ0n) is 35.5. The van der Waals surface area contributed by atoms with Crippen molar-refractivity contribution in [3.05, 3.63) is 10.4 Å². The molecular weight excluding hydrogens is 906 g/mol. The Labute approximate surface area is 365 Å². The van der Waals surface area contributed by atoms with Crippen LogP contribution in [0.1, 0.15) is 59.8 Å². The van der Waals surface area contributed by atoms with Crippen LogP contribution in [-0.2, 0) is 65.9 Å². The molecule has 0 saturated carbocycles. The summed E-state index contributed by atoms with van der Waals surface area (Å²) < 4.78 is 58.1. The number of aliphatic hydroxyl groups is 4. The molecule has 0 spiro atoms. The largest absolute Gasteiger partial charge is 0.480 e. The molecule has 64 heavy (non-hydrogen) atoms. The van der Waals surface area contributed by atoms with Crippen LogP contribution in [0, 0.1) is 0 Å². The van der Waals surface area contributed by atoms with E-state index in [9.17, 15) is 73.2 Å². The Morgan fingerprint density at radius 1 is 0.828 bits per heavy atom. The Bertz CT molecular complexity index is 1760. The van der Waals surface area contributed by atoms with Gasteiger partial charge in [-0.15, -0.1) is 0 Å². The summed E-state index contributed by atoms with van der Waals surface area (Å²) in [7, 11) is -10.6. The maximum absolute atomic E-state index is 13.5. The number of amides is 5. The van der Waals surface area contributed by atoms with E-state index in [4.69, 9.17) is 29.0 Å². The zero-order chi connectivity index (χ0) is 48.5. The van der Waals surface area contributed by atoms with E-state index < -0.39 is 143 Å². The van der Waals surface area contributed by atoms with Gasteiger partial charge in [-0.2, -0.15) is 0 Å². The standard InChI is InChI=1S/C33H58N8O21P2/c1-15(29(49)35-11-8-10-22(46)40-19(31(51)52)9-6-7-12-36-41-34)37-30(50)16(2)58-28-24(39-18(4)45)33(62-64(55,56)63(53,54)57-5)60-21(14-43)27(28)61-32-23(38-17(3)44)26(48)25(47)20(13-42)59-32/h15-16,19-21,23-28,32-33,42-43,47-48H,6-14H2,1-5H3,(H,35,49)(H,37,50)(H,38,44)(H,39,45)(H,40,46)(H,51,52)(H,53,54)(H,55,56)/t15-,16+,19-,20+,21+,23+,24+,25+,26+,27?,28+,32-,33+/m0/s1. The van der Waals surface area contributed by atoms with Gasteiger partial charge in [0.1, 0.15) is 66.9 Å². The molecule has 29 nitrogen and oxygen atoms in total. The summed E-state index contributed by atoms with van der Waals surface area (Å²) in [4.78, 5) is 98.1. The zero-order valence-corrected chi connectivity index (χ0v) is 37.2. The highest BCUT2D eigenvalue weighted by molar-refractivity contribution is 8.26. The molecule has 0 radical (unpaired) electrons. The fourth-order valence-electron chi connectivity index (χ4n) is 6.30. The number of ether oxygens (including phenoxy) is 4. The van der Waals surface area contributed by atoms with Gasteiger partial charge in [0.2, 0.25) is 29.5 Å². The third-order valence-electron chi connectivity index (χ3n) is 9.60. The summed E-state index contributed by atoms with van der Waals surface area (Å²) in [6, 6.07) is -5.97. The van der Waals surface area contributed by atoms with Gasteiger partial charge in [0.05, 0.1) is 13.2 Å². The number of carbonyl (C=O) groups is 6. The van der Waals surface area contributed by atoms with E-state index in [-0.39, 0.29) is 32.4 Å². The number of azide groups is 1. The molecule has 15 atom stereocenters. The number of nitrogens with zero attached hydrogens (tertiary/aromatic N) is 3. The molecule has 12 N–H and O–H groups in total. The molecule has 31 heteroatoms. The van der Waals surface area contributed by atoms with Gasteiger partial charge in [0.25, 0.3) is 0 Å². The molecule has 2 aliphatic heterocycles. The Kier molecular flexibility index (Phi) is 23.1. The van der Waals surface area contributed by atoms with E-state index in [1.165, 1.54) is 6.92 Å². The summed E-state index contributed by atoms with van der Waals surface area (Å²) >= 11 is 0. The molecule has 0 aromatic heterocycles. The van der Waals surface area contributed by atoms with E-state index in [1.807, 2.05) is 0 Å². The van der Waals surface area contributed by atoms with Gasteiger partial charge in [-0.1, -0.05) is 11.5 Å². The Balaban J connectivity index is 2.32. The smallest absolute Gasteiger partial charge is 0.440 e. The van der Waals surface area contributed by atoms with Crippen molar-refractivity contribution in [3.8, 4) is 0 Å². The number of carbonyl (C=O) groups excluding carboxylic acids is 5. The third kappa shape index (κ3) is 16.5. The second kappa shape index (κ2) is 26.3. The minimum Gasteiger partial charge on any atom is -0.480 e. The molecule has 0 bridgehead atoms. The monoisotopic (exact) mass is 964 g/mol. The first-order valence-corrected chi connectivity index (χ1v) is 23.6. The van der Waals surface area contributed by atoms with E-state index >= 15 is 0 Å². The summed E-state index contributed by atoms with van der Waals surface area (Å²) in [6.45, 7) is 2.54. The van der Waals surface area contributed by atoms with Crippen LogP contribution in [0.3, 0.4) is 0 Å². The summed E-state index contributed by atoms with van der Waals surface area (Å²) in [5.74, 6) is -5.30.